The predicted molar refractivity (Wildman–Crippen MR) is 40.4 cm³/mol. The van der Waals surface area contributed by atoms with Gasteiger partial charge in [0.25, 0.3) is 0 Å². The van der Waals surface area contributed by atoms with E-state index in [4.69, 9.17) is 0 Å². The SMILES string of the molecule is C=CC(=O)Oc1ncnc(C)n1. The van der Waals surface area contributed by atoms with E-state index in [9.17, 15) is 4.79 Å². The van der Waals surface area contributed by atoms with Crippen molar-refractivity contribution in [3.63, 3.8) is 0 Å². The standard InChI is InChI=1S/C7H7N3O2/c1-3-6(11)12-7-9-4-8-5(2)10-7/h3-4H,1H2,2H3. The van der Waals surface area contributed by atoms with Crippen molar-refractivity contribution in [3.05, 3.63) is 24.8 Å². The Kier molecular flexibility index (Phi) is 2.47. The number of rotatable bonds is 2. The van der Waals surface area contributed by atoms with Crippen molar-refractivity contribution in [2.24, 2.45) is 0 Å². The third-order valence-corrected chi connectivity index (χ3v) is 1.03. The summed E-state index contributed by atoms with van der Waals surface area (Å²) in [6, 6.07) is -0.00704. The zero-order valence-electron chi connectivity index (χ0n) is 6.52. The van der Waals surface area contributed by atoms with Crippen LogP contribution in [0.5, 0.6) is 6.01 Å². The highest BCUT2D eigenvalue weighted by molar-refractivity contribution is 5.82. The molecule has 1 aromatic heterocycles. The maximum Gasteiger partial charge on any atom is 0.337 e. The smallest absolute Gasteiger partial charge is 0.337 e. The molecule has 5 heteroatoms. The van der Waals surface area contributed by atoms with Gasteiger partial charge in [0.05, 0.1) is 0 Å². The summed E-state index contributed by atoms with van der Waals surface area (Å²) >= 11 is 0. The van der Waals surface area contributed by atoms with Gasteiger partial charge in [0.15, 0.2) is 0 Å². The summed E-state index contributed by atoms with van der Waals surface area (Å²) in [5.41, 5.74) is 0. The molecule has 0 aromatic carbocycles. The normalized spacial score (nSPS) is 9.08. The van der Waals surface area contributed by atoms with Gasteiger partial charge in [-0.25, -0.2) is 9.78 Å². The van der Waals surface area contributed by atoms with Gasteiger partial charge < -0.3 is 4.74 Å². The van der Waals surface area contributed by atoms with E-state index in [-0.39, 0.29) is 6.01 Å². The largest absolute Gasteiger partial charge is 0.387 e. The first-order valence-corrected chi connectivity index (χ1v) is 3.22. The number of nitrogens with zero attached hydrogens (tertiary/aromatic N) is 3. The number of hydrogen-bond donors (Lipinski definition) is 0. The van der Waals surface area contributed by atoms with Crippen LogP contribution < -0.4 is 4.74 Å². The summed E-state index contributed by atoms with van der Waals surface area (Å²) < 4.78 is 4.63. The molecule has 0 atom stereocenters. The van der Waals surface area contributed by atoms with Gasteiger partial charge in [0, 0.05) is 6.08 Å². The highest BCUT2D eigenvalue weighted by atomic mass is 16.5. The van der Waals surface area contributed by atoms with Gasteiger partial charge in [0.1, 0.15) is 12.2 Å². The van der Waals surface area contributed by atoms with Crippen LogP contribution in [0.15, 0.2) is 19.0 Å². The molecule has 0 saturated heterocycles. The first-order valence-electron chi connectivity index (χ1n) is 3.22. The van der Waals surface area contributed by atoms with E-state index < -0.39 is 5.97 Å². The van der Waals surface area contributed by atoms with E-state index in [1.807, 2.05) is 0 Å². The van der Waals surface area contributed by atoms with Gasteiger partial charge in [0.2, 0.25) is 0 Å². The molecule has 0 radical (unpaired) electrons. The van der Waals surface area contributed by atoms with Crippen molar-refractivity contribution in [2.45, 2.75) is 6.92 Å². The van der Waals surface area contributed by atoms with Crippen LogP contribution in [-0.4, -0.2) is 20.9 Å². The minimum absolute atomic E-state index is 0.00704. The van der Waals surface area contributed by atoms with Crippen LogP contribution >= 0.6 is 0 Å². The zero-order valence-corrected chi connectivity index (χ0v) is 6.52. The molecule has 1 rings (SSSR count). The van der Waals surface area contributed by atoms with E-state index in [2.05, 4.69) is 26.3 Å². The molecule has 0 aliphatic carbocycles. The molecule has 1 aromatic rings. The highest BCUT2D eigenvalue weighted by Gasteiger charge is 2.01. The fourth-order valence-electron chi connectivity index (χ4n) is 0.539. The monoisotopic (exact) mass is 165 g/mol. The number of esters is 1. The van der Waals surface area contributed by atoms with Crippen molar-refractivity contribution in [2.75, 3.05) is 0 Å². The minimum Gasteiger partial charge on any atom is -0.387 e. The van der Waals surface area contributed by atoms with Gasteiger partial charge >= 0.3 is 12.0 Å². The molecule has 0 bridgehead atoms. The summed E-state index contributed by atoms with van der Waals surface area (Å²) in [5.74, 6) is -0.0857. The van der Waals surface area contributed by atoms with Crippen LogP contribution in [0, 0.1) is 6.92 Å². The quantitative estimate of drug-likeness (QED) is 0.465. The Morgan fingerprint density at radius 3 is 3.00 bits per heavy atom. The zero-order chi connectivity index (χ0) is 8.97. The average molecular weight is 165 g/mol. The molecule has 0 N–H and O–H groups in total. The first-order chi connectivity index (χ1) is 5.72. The topological polar surface area (TPSA) is 65.0 Å². The molecule has 0 aliphatic heterocycles. The average Bonchev–Trinajstić information content (AvgIpc) is 2.04. The highest BCUT2D eigenvalue weighted by Crippen LogP contribution is 1.99. The second kappa shape index (κ2) is 3.56. The lowest BCUT2D eigenvalue weighted by Crippen LogP contribution is -2.07. The van der Waals surface area contributed by atoms with E-state index >= 15 is 0 Å². The summed E-state index contributed by atoms with van der Waals surface area (Å²) in [4.78, 5) is 21.7. The number of aryl methyl sites for hydroxylation is 1. The Morgan fingerprint density at radius 2 is 2.42 bits per heavy atom. The molecule has 12 heavy (non-hydrogen) atoms. The number of carbonyl (C=O) groups excluding carboxylic acids is 1. The molecule has 5 nitrogen and oxygen atoms in total. The summed E-state index contributed by atoms with van der Waals surface area (Å²) in [5, 5.41) is 0. The molecule has 0 spiro atoms. The number of aromatic nitrogens is 3. The Bertz CT molecular complexity index is 311. The predicted octanol–water partition coefficient (Wildman–Crippen LogP) is 0.271. The Labute approximate surface area is 69.1 Å². The van der Waals surface area contributed by atoms with Crippen molar-refractivity contribution in [1.82, 2.24) is 15.0 Å². The van der Waals surface area contributed by atoms with Crippen molar-refractivity contribution < 1.29 is 9.53 Å². The van der Waals surface area contributed by atoms with E-state index in [0.717, 1.165) is 6.08 Å². The van der Waals surface area contributed by atoms with Crippen LogP contribution in [0.3, 0.4) is 0 Å². The molecule has 0 unspecified atom stereocenters. The molecule has 62 valence electrons. The van der Waals surface area contributed by atoms with Gasteiger partial charge in [-0.05, 0) is 6.92 Å². The van der Waals surface area contributed by atoms with E-state index in [1.54, 1.807) is 6.92 Å². The Morgan fingerprint density at radius 1 is 1.67 bits per heavy atom. The lowest BCUT2D eigenvalue weighted by molar-refractivity contribution is -0.129. The third kappa shape index (κ3) is 2.12. The molecular formula is C7H7N3O2. The minimum atomic E-state index is -0.583. The molecule has 0 aliphatic rings. The Balaban J connectivity index is 2.76. The fraction of sp³-hybridized carbons (Fsp3) is 0.143. The maximum absolute atomic E-state index is 10.7. The van der Waals surface area contributed by atoms with Crippen LogP contribution in [0.2, 0.25) is 0 Å². The van der Waals surface area contributed by atoms with Crippen LogP contribution in [0.25, 0.3) is 0 Å². The van der Waals surface area contributed by atoms with E-state index in [1.165, 1.54) is 6.33 Å². The first kappa shape index (κ1) is 8.32. The lowest BCUT2D eigenvalue weighted by atomic mass is 10.6. The van der Waals surface area contributed by atoms with Crippen LogP contribution in [0.4, 0.5) is 0 Å². The van der Waals surface area contributed by atoms with E-state index in [0.29, 0.717) is 5.82 Å². The van der Waals surface area contributed by atoms with Gasteiger partial charge in [-0.3, -0.25) is 0 Å². The molecule has 1 heterocycles. The fourth-order valence-corrected chi connectivity index (χ4v) is 0.539. The summed E-state index contributed by atoms with van der Waals surface area (Å²) in [6.45, 7) is 4.91. The number of ether oxygens (including phenoxy) is 1. The second-order valence-electron chi connectivity index (χ2n) is 1.94. The number of hydrogen-bond acceptors (Lipinski definition) is 5. The van der Waals surface area contributed by atoms with Gasteiger partial charge in [-0.2, -0.15) is 9.97 Å². The molecule has 0 amide bonds. The van der Waals surface area contributed by atoms with Crippen molar-refractivity contribution in [1.29, 1.82) is 0 Å². The summed E-state index contributed by atoms with van der Waals surface area (Å²) in [7, 11) is 0. The number of carbonyl (C=O) groups is 1. The second-order valence-corrected chi connectivity index (χ2v) is 1.94. The summed E-state index contributed by atoms with van der Waals surface area (Å²) in [6.07, 6.45) is 2.31. The van der Waals surface area contributed by atoms with Crippen molar-refractivity contribution in [3.8, 4) is 6.01 Å². The van der Waals surface area contributed by atoms with Gasteiger partial charge in [-0.15, -0.1) is 0 Å². The van der Waals surface area contributed by atoms with Crippen LogP contribution in [-0.2, 0) is 4.79 Å². The third-order valence-electron chi connectivity index (χ3n) is 1.03. The van der Waals surface area contributed by atoms with Gasteiger partial charge in [-0.1, -0.05) is 6.58 Å². The Hall–Kier alpha value is -1.78. The molecule has 0 fully saturated rings. The van der Waals surface area contributed by atoms with Crippen LogP contribution in [0.1, 0.15) is 5.82 Å². The molecular weight excluding hydrogens is 158 g/mol. The molecule has 0 saturated carbocycles. The maximum atomic E-state index is 10.7. The van der Waals surface area contributed by atoms with Crippen molar-refractivity contribution >= 4 is 5.97 Å². The lowest BCUT2D eigenvalue weighted by Gasteiger charge is -1.97.